The third-order valence-corrected chi connectivity index (χ3v) is 3.30. The average Bonchev–Trinajstić information content (AvgIpc) is 2.63. The highest BCUT2D eigenvalue weighted by atomic mass is 16.6. The van der Waals surface area contributed by atoms with E-state index in [-0.39, 0.29) is 16.0 Å². The van der Waals surface area contributed by atoms with E-state index in [0.29, 0.717) is 24.5 Å². The molecule has 0 aliphatic carbocycles. The van der Waals surface area contributed by atoms with E-state index in [9.17, 15) is 10.1 Å². The van der Waals surface area contributed by atoms with Crippen LogP contribution < -0.4 is 5.32 Å². The smallest absolute Gasteiger partial charge is 0.333 e. The number of anilines is 1. The van der Waals surface area contributed by atoms with Crippen LogP contribution in [-0.4, -0.2) is 21.2 Å². The van der Waals surface area contributed by atoms with Gasteiger partial charge in [0, 0.05) is 13.6 Å². The molecule has 18 heavy (non-hydrogen) atoms. The molecule has 0 spiro atoms. The molecule has 1 heterocycles. The summed E-state index contributed by atoms with van der Waals surface area (Å²) < 4.78 is 1.56. The van der Waals surface area contributed by atoms with Crippen LogP contribution in [0, 0.1) is 15.5 Å². The second-order valence-electron chi connectivity index (χ2n) is 5.25. The molecule has 0 unspecified atom stereocenters. The van der Waals surface area contributed by atoms with Crippen LogP contribution in [-0.2, 0) is 13.5 Å². The van der Waals surface area contributed by atoms with Crippen LogP contribution in [0.5, 0.6) is 0 Å². The van der Waals surface area contributed by atoms with Crippen molar-refractivity contribution in [3.05, 3.63) is 15.8 Å². The fourth-order valence-corrected chi connectivity index (χ4v) is 1.64. The number of rotatable bonds is 6. The van der Waals surface area contributed by atoms with Gasteiger partial charge in [-0.2, -0.15) is 5.10 Å². The quantitative estimate of drug-likeness (QED) is 0.625. The van der Waals surface area contributed by atoms with Gasteiger partial charge in [0.1, 0.15) is 5.69 Å². The molecule has 0 aliphatic heterocycles. The monoisotopic (exact) mass is 254 g/mol. The molecule has 6 nitrogen and oxygen atoms in total. The zero-order chi connectivity index (χ0) is 13.9. The minimum absolute atomic E-state index is 0.102. The van der Waals surface area contributed by atoms with Crippen LogP contribution in [0.15, 0.2) is 0 Å². The lowest BCUT2D eigenvalue weighted by Gasteiger charge is -2.23. The molecule has 1 N–H and O–H groups in total. The summed E-state index contributed by atoms with van der Waals surface area (Å²) in [7, 11) is 1.73. The molecule has 0 aliphatic rings. The second-order valence-corrected chi connectivity index (χ2v) is 5.25. The van der Waals surface area contributed by atoms with Crippen LogP contribution in [0.25, 0.3) is 0 Å². The molecule has 0 bridgehead atoms. The fourth-order valence-electron chi connectivity index (χ4n) is 1.64. The molecule has 0 saturated heterocycles. The van der Waals surface area contributed by atoms with Crippen LogP contribution in [0.4, 0.5) is 11.5 Å². The summed E-state index contributed by atoms with van der Waals surface area (Å²) in [4.78, 5) is 10.8. The van der Waals surface area contributed by atoms with E-state index in [1.54, 1.807) is 11.7 Å². The maximum absolute atomic E-state index is 11.1. The third kappa shape index (κ3) is 3.00. The van der Waals surface area contributed by atoms with Crippen molar-refractivity contribution in [1.29, 1.82) is 0 Å². The van der Waals surface area contributed by atoms with E-state index in [4.69, 9.17) is 0 Å². The van der Waals surface area contributed by atoms with Gasteiger partial charge in [-0.3, -0.25) is 10.1 Å². The number of hydrogen-bond donors (Lipinski definition) is 1. The van der Waals surface area contributed by atoms with Crippen LogP contribution in [0.2, 0.25) is 0 Å². The predicted octanol–water partition coefficient (Wildman–Crippen LogP) is 2.74. The van der Waals surface area contributed by atoms with E-state index in [0.717, 1.165) is 6.42 Å². The van der Waals surface area contributed by atoms with Crippen molar-refractivity contribution in [2.45, 2.75) is 40.5 Å². The Morgan fingerprint density at radius 1 is 1.44 bits per heavy atom. The van der Waals surface area contributed by atoms with Gasteiger partial charge in [-0.25, -0.2) is 4.68 Å². The zero-order valence-corrected chi connectivity index (χ0v) is 11.8. The minimum atomic E-state index is -0.354. The summed E-state index contributed by atoms with van der Waals surface area (Å²) in [6.07, 6.45) is 1.56. The summed E-state index contributed by atoms with van der Waals surface area (Å²) in [6.45, 7) is 8.92. The predicted molar refractivity (Wildman–Crippen MR) is 71.8 cm³/mol. The van der Waals surface area contributed by atoms with Gasteiger partial charge in [-0.1, -0.05) is 27.7 Å². The van der Waals surface area contributed by atoms with Gasteiger partial charge < -0.3 is 5.32 Å². The van der Waals surface area contributed by atoms with Crippen LogP contribution >= 0.6 is 0 Å². The Hall–Kier alpha value is -1.59. The Balaban J connectivity index is 3.01. The third-order valence-electron chi connectivity index (χ3n) is 3.30. The van der Waals surface area contributed by atoms with Crippen molar-refractivity contribution in [1.82, 2.24) is 9.78 Å². The lowest BCUT2D eigenvalue weighted by molar-refractivity contribution is -0.384. The average molecular weight is 254 g/mol. The number of aromatic nitrogens is 2. The Labute approximate surface area is 108 Å². The molecule has 6 heteroatoms. The SMILES string of the molecule is CCc1nn(C)c(NCC(C)(C)CC)c1[N+](=O)[O-]. The summed E-state index contributed by atoms with van der Waals surface area (Å²) in [5.41, 5.74) is 0.732. The summed E-state index contributed by atoms with van der Waals surface area (Å²) in [5.74, 6) is 0.498. The largest absolute Gasteiger partial charge is 0.364 e. The van der Waals surface area contributed by atoms with E-state index >= 15 is 0 Å². The van der Waals surface area contributed by atoms with Crippen molar-refractivity contribution < 1.29 is 4.92 Å². The number of aryl methyl sites for hydroxylation is 2. The fraction of sp³-hybridized carbons (Fsp3) is 0.750. The Bertz CT molecular complexity index is 438. The first kappa shape index (κ1) is 14.5. The van der Waals surface area contributed by atoms with Crippen molar-refractivity contribution >= 4 is 11.5 Å². The van der Waals surface area contributed by atoms with E-state index < -0.39 is 0 Å². The Kier molecular flexibility index (Phi) is 4.32. The maximum Gasteiger partial charge on any atom is 0.333 e. The van der Waals surface area contributed by atoms with Gasteiger partial charge in [0.25, 0.3) is 0 Å². The van der Waals surface area contributed by atoms with Crippen molar-refractivity contribution in [2.75, 3.05) is 11.9 Å². The zero-order valence-electron chi connectivity index (χ0n) is 11.8. The van der Waals surface area contributed by atoms with Crippen molar-refractivity contribution in [3.63, 3.8) is 0 Å². The minimum Gasteiger partial charge on any atom is -0.364 e. The van der Waals surface area contributed by atoms with Gasteiger partial charge in [-0.15, -0.1) is 0 Å². The Morgan fingerprint density at radius 3 is 2.50 bits per heavy atom. The van der Waals surface area contributed by atoms with Crippen LogP contribution in [0.3, 0.4) is 0 Å². The molecule has 0 saturated carbocycles. The van der Waals surface area contributed by atoms with Gasteiger partial charge in [0.15, 0.2) is 0 Å². The summed E-state index contributed by atoms with van der Waals surface area (Å²) >= 11 is 0. The highest BCUT2D eigenvalue weighted by Crippen LogP contribution is 2.30. The van der Waals surface area contributed by atoms with Gasteiger partial charge >= 0.3 is 5.69 Å². The van der Waals surface area contributed by atoms with Crippen molar-refractivity contribution in [3.8, 4) is 0 Å². The molecule has 0 amide bonds. The normalized spacial score (nSPS) is 11.6. The number of nitrogens with zero attached hydrogens (tertiary/aromatic N) is 3. The first-order chi connectivity index (χ1) is 8.32. The first-order valence-corrected chi connectivity index (χ1v) is 6.26. The van der Waals surface area contributed by atoms with Crippen molar-refractivity contribution in [2.24, 2.45) is 12.5 Å². The standard InChI is InChI=1S/C12H22N4O2/c1-6-9-10(16(17)18)11(15(5)14-9)13-8-12(3,4)7-2/h13H,6-8H2,1-5H3. The molecule has 1 aromatic rings. The highest BCUT2D eigenvalue weighted by Gasteiger charge is 2.26. The highest BCUT2D eigenvalue weighted by molar-refractivity contribution is 5.59. The molecule has 0 radical (unpaired) electrons. The maximum atomic E-state index is 11.1. The molecule has 1 aromatic heterocycles. The lowest BCUT2D eigenvalue weighted by Crippen LogP contribution is -2.23. The topological polar surface area (TPSA) is 73.0 Å². The lowest BCUT2D eigenvalue weighted by atomic mass is 9.90. The molecule has 102 valence electrons. The van der Waals surface area contributed by atoms with E-state index in [1.165, 1.54) is 0 Å². The van der Waals surface area contributed by atoms with Gasteiger partial charge in [-0.05, 0) is 18.3 Å². The summed E-state index contributed by atoms with van der Waals surface area (Å²) in [5, 5.41) is 18.5. The van der Waals surface area contributed by atoms with Gasteiger partial charge in [0.2, 0.25) is 5.82 Å². The second kappa shape index (κ2) is 5.37. The molecule has 0 aromatic carbocycles. The Morgan fingerprint density at radius 2 is 2.06 bits per heavy atom. The molecule has 0 fully saturated rings. The number of hydrogen-bond acceptors (Lipinski definition) is 4. The molecule has 1 rings (SSSR count). The molecule has 0 atom stereocenters. The molecular formula is C12H22N4O2. The van der Waals surface area contributed by atoms with Crippen LogP contribution in [0.1, 0.15) is 39.8 Å². The molecular weight excluding hydrogens is 232 g/mol. The van der Waals surface area contributed by atoms with E-state index in [2.05, 4.69) is 31.2 Å². The van der Waals surface area contributed by atoms with E-state index in [1.807, 2.05) is 6.92 Å². The van der Waals surface area contributed by atoms with Gasteiger partial charge in [0.05, 0.1) is 4.92 Å². The first-order valence-electron chi connectivity index (χ1n) is 6.26. The number of nitro groups is 1. The number of nitrogens with one attached hydrogen (secondary N) is 1. The summed E-state index contributed by atoms with van der Waals surface area (Å²) in [6, 6.07) is 0.